The summed E-state index contributed by atoms with van der Waals surface area (Å²) in [6, 6.07) is 5.71. The number of hydrogen-bond acceptors (Lipinski definition) is 4. The summed E-state index contributed by atoms with van der Waals surface area (Å²) in [7, 11) is 0. The van der Waals surface area contributed by atoms with E-state index in [1.807, 2.05) is 22.8 Å². The Balaban J connectivity index is 1.59. The summed E-state index contributed by atoms with van der Waals surface area (Å²) < 4.78 is 1.86. The summed E-state index contributed by atoms with van der Waals surface area (Å²) in [4.78, 5) is 33.3. The number of carbonyl (C=O) groups is 2. The second-order valence-electron chi connectivity index (χ2n) is 6.67. The first-order chi connectivity index (χ1) is 12.2. The predicted octanol–water partition coefficient (Wildman–Crippen LogP) is 1.68. The highest BCUT2D eigenvalue weighted by molar-refractivity contribution is 5.94. The SMILES string of the molecule is O=C(CC1CNC(=O)c2cnc(-c3ccccn3)n21)NC1CCCC1. The van der Waals surface area contributed by atoms with E-state index >= 15 is 0 Å². The van der Waals surface area contributed by atoms with E-state index in [0.717, 1.165) is 12.8 Å². The molecule has 1 saturated carbocycles. The molecule has 0 spiro atoms. The highest BCUT2D eigenvalue weighted by atomic mass is 16.2. The van der Waals surface area contributed by atoms with E-state index in [-0.39, 0.29) is 17.9 Å². The van der Waals surface area contributed by atoms with Gasteiger partial charge in [-0.25, -0.2) is 4.98 Å². The molecule has 1 fully saturated rings. The summed E-state index contributed by atoms with van der Waals surface area (Å²) in [5.74, 6) is 0.492. The van der Waals surface area contributed by atoms with Crippen LogP contribution in [-0.4, -0.2) is 38.9 Å². The Hall–Kier alpha value is -2.70. The maximum absolute atomic E-state index is 12.5. The average Bonchev–Trinajstić information content (AvgIpc) is 3.28. The van der Waals surface area contributed by atoms with E-state index < -0.39 is 0 Å². The van der Waals surface area contributed by atoms with Crippen molar-refractivity contribution in [1.82, 2.24) is 25.2 Å². The minimum Gasteiger partial charge on any atom is -0.353 e. The number of fused-ring (bicyclic) bond motifs is 1. The Kier molecular flexibility index (Phi) is 4.21. The molecule has 7 heteroatoms. The van der Waals surface area contributed by atoms with Crippen molar-refractivity contribution in [2.75, 3.05) is 6.54 Å². The van der Waals surface area contributed by atoms with Crippen molar-refractivity contribution in [3.63, 3.8) is 0 Å². The minimum absolute atomic E-state index is 0.0275. The lowest BCUT2D eigenvalue weighted by atomic mass is 10.1. The zero-order chi connectivity index (χ0) is 17.2. The van der Waals surface area contributed by atoms with Gasteiger partial charge in [-0.1, -0.05) is 18.9 Å². The summed E-state index contributed by atoms with van der Waals surface area (Å²) in [5, 5.41) is 5.97. The number of nitrogens with one attached hydrogen (secondary N) is 2. The number of aromatic nitrogens is 3. The van der Waals surface area contributed by atoms with Gasteiger partial charge in [0.25, 0.3) is 5.91 Å². The van der Waals surface area contributed by atoms with Crippen molar-refractivity contribution in [3.8, 4) is 11.5 Å². The first kappa shape index (κ1) is 15.8. The molecule has 2 aromatic rings. The Bertz CT molecular complexity index is 780. The lowest BCUT2D eigenvalue weighted by Crippen LogP contribution is -2.42. The van der Waals surface area contributed by atoms with Crippen LogP contribution in [0.25, 0.3) is 11.5 Å². The molecule has 2 N–H and O–H groups in total. The lowest BCUT2D eigenvalue weighted by Gasteiger charge is -2.27. The van der Waals surface area contributed by atoms with Gasteiger partial charge in [-0.3, -0.25) is 14.6 Å². The minimum atomic E-state index is -0.165. The monoisotopic (exact) mass is 339 g/mol. The molecule has 0 aromatic carbocycles. The van der Waals surface area contributed by atoms with Gasteiger partial charge in [0.1, 0.15) is 11.4 Å². The topological polar surface area (TPSA) is 88.9 Å². The number of rotatable bonds is 4. The van der Waals surface area contributed by atoms with Crippen LogP contribution < -0.4 is 10.6 Å². The van der Waals surface area contributed by atoms with E-state index in [2.05, 4.69) is 20.6 Å². The number of nitrogens with zero attached hydrogens (tertiary/aromatic N) is 3. The zero-order valence-corrected chi connectivity index (χ0v) is 13.9. The predicted molar refractivity (Wildman–Crippen MR) is 91.8 cm³/mol. The first-order valence-corrected chi connectivity index (χ1v) is 8.78. The fourth-order valence-corrected chi connectivity index (χ4v) is 3.71. The van der Waals surface area contributed by atoms with E-state index in [0.29, 0.717) is 36.2 Å². The normalized spacial score (nSPS) is 20.2. The van der Waals surface area contributed by atoms with E-state index in [1.54, 1.807) is 12.4 Å². The Morgan fingerprint density at radius 2 is 2.12 bits per heavy atom. The van der Waals surface area contributed by atoms with Gasteiger partial charge in [0, 0.05) is 25.2 Å². The van der Waals surface area contributed by atoms with Crippen LogP contribution in [0.15, 0.2) is 30.6 Å². The maximum Gasteiger partial charge on any atom is 0.269 e. The summed E-state index contributed by atoms with van der Waals surface area (Å²) in [5.41, 5.74) is 1.18. The second-order valence-corrected chi connectivity index (χ2v) is 6.67. The third-order valence-electron chi connectivity index (χ3n) is 4.93. The Morgan fingerprint density at radius 3 is 2.88 bits per heavy atom. The molecule has 1 aliphatic carbocycles. The summed E-state index contributed by atoms with van der Waals surface area (Å²) >= 11 is 0. The van der Waals surface area contributed by atoms with E-state index in [1.165, 1.54) is 12.8 Å². The van der Waals surface area contributed by atoms with Crippen molar-refractivity contribution in [3.05, 3.63) is 36.3 Å². The molecule has 0 radical (unpaired) electrons. The molecule has 4 rings (SSSR count). The number of amides is 2. The van der Waals surface area contributed by atoms with Crippen LogP contribution in [0.4, 0.5) is 0 Å². The van der Waals surface area contributed by atoms with Crippen molar-refractivity contribution in [2.24, 2.45) is 0 Å². The zero-order valence-electron chi connectivity index (χ0n) is 13.9. The van der Waals surface area contributed by atoms with Gasteiger partial charge in [0.15, 0.2) is 5.82 Å². The van der Waals surface area contributed by atoms with Crippen LogP contribution in [0.5, 0.6) is 0 Å². The van der Waals surface area contributed by atoms with Gasteiger partial charge >= 0.3 is 0 Å². The average molecular weight is 339 g/mol. The van der Waals surface area contributed by atoms with E-state index in [4.69, 9.17) is 0 Å². The van der Waals surface area contributed by atoms with Gasteiger partial charge in [0.05, 0.1) is 12.2 Å². The quantitative estimate of drug-likeness (QED) is 0.887. The van der Waals surface area contributed by atoms with Gasteiger partial charge in [-0.2, -0.15) is 0 Å². The molecule has 0 saturated heterocycles. The molecular formula is C18H21N5O2. The fraction of sp³-hybridized carbons (Fsp3) is 0.444. The standard InChI is InChI=1S/C18H21N5O2/c24-16(22-12-5-1-2-6-12)9-13-10-21-18(25)15-11-20-17(23(13)15)14-7-3-4-8-19-14/h3-4,7-8,11-13H,1-2,5-6,9-10H2,(H,21,25)(H,22,24). The molecule has 1 atom stereocenters. The largest absolute Gasteiger partial charge is 0.353 e. The Morgan fingerprint density at radius 1 is 1.28 bits per heavy atom. The van der Waals surface area contributed by atoms with Gasteiger partial charge in [-0.15, -0.1) is 0 Å². The van der Waals surface area contributed by atoms with Crippen molar-refractivity contribution in [2.45, 2.75) is 44.2 Å². The maximum atomic E-state index is 12.5. The Labute approximate surface area is 145 Å². The van der Waals surface area contributed by atoms with Crippen molar-refractivity contribution >= 4 is 11.8 Å². The molecule has 3 heterocycles. The molecule has 2 amide bonds. The molecule has 1 unspecified atom stereocenters. The molecular weight excluding hydrogens is 318 g/mol. The number of hydrogen-bond donors (Lipinski definition) is 2. The smallest absolute Gasteiger partial charge is 0.269 e. The van der Waals surface area contributed by atoms with Gasteiger partial charge in [0.2, 0.25) is 5.91 Å². The van der Waals surface area contributed by atoms with Crippen LogP contribution in [0.1, 0.15) is 48.6 Å². The van der Waals surface area contributed by atoms with Crippen LogP contribution in [0, 0.1) is 0 Å². The molecule has 2 aromatic heterocycles. The van der Waals surface area contributed by atoms with Crippen LogP contribution in [0.2, 0.25) is 0 Å². The highest BCUT2D eigenvalue weighted by Gasteiger charge is 2.31. The molecule has 2 aliphatic rings. The highest BCUT2D eigenvalue weighted by Crippen LogP contribution is 2.27. The molecule has 7 nitrogen and oxygen atoms in total. The molecule has 0 bridgehead atoms. The molecule has 25 heavy (non-hydrogen) atoms. The van der Waals surface area contributed by atoms with Gasteiger partial charge in [-0.05, 0) is 25.0 Å². The second kappa shape index (κ2) is 6.66. The van der Waals surface area contributed by atoms with Crippen LogP contribution >= 0.6 is 0 Å². The summed E-state index contributed by atoms with van der Waals surface area (Å²) in [6.45, 7) is 0.417. The lowest BCUT2D eigenvalue weighted by molar-refractivity contribution is -0.122. The number of pyridine rings is 1. The fourth-order valence-electron chi connectivity index (χ4n) is 3.71. The third kappa shape index (κ3) is 3.14. The van der Waals surface area contributed by atoms with Crippen LogP contribution in [0.3, 0.4) is 0 Å². The van der Waals surface area contributed by atoms with Crippen molar-refractivity contribution < 1.29 is 9.59 Å². The van der Waals surface area contributed by atoms with Gasteiger partial charge < -0.3 is 15.2 Å². The number of imidazole rings is 1. The van der Waals surface area contributed by atoms with E-state index in [9.17, 15) is 9.59 Å². The van der Waals surface area contributed by atoms with Crippen molar-refractivity contribution in [1.29, 1.82) is 0 Å². The molecule has 1 aliphatic heterocycles. The molecule has 130 valence electrons. The third-order valence-corrected chi connectivity index (χ3v) is 4.93. The summed E-state index contributed by atoms with van der Waals surface area (Å²) in [6.07, 6.45) is 8.05. The number of carbonyl (C=O) groups excluding carboxylic acids is 2. The van der Waals surface area contributed by atoms with Crippen LogP contribution in [-0.2, 0) is 4.79 Å². The first-order valence-electron chi connectivity index (χ1n) is 8.78.